The van der Waals surface area contributed by atoms with Crippen molar-refractivity contribution >= 4 is 35.8 Å². The zero-order valence-electron chi connectivity index (χ0n) is 16.4. The van der Waals surface area contributed by atoms with E-state index >= 15 is 0 Å². The molecule has 2 rings (SSSR count). The highest BCUT2D eigenvalue weighted by Crippen LogP contribution is 2.09. The Morgan fingerprint density at radius 2 is 2.11 bits per heavy atom. The van der Waals surface area contributed by atoms with Crippen molar-refractivity contribution in [2.24, 2.45) is 4.99 Å². The van der Waals surface area contributed by atoms with Crippen LogP contribution in [-0.2, 0) is 17.8 Å². The number of nitrogens with zero attached hydrogens (tertiary/aromatic N) is 5. The van der Waals surface area contributed by atoms with Gasteiger partial charge < -0.3 is 20.1 Å². The van der Waals surface area contributed by atoms with Crippen molar-refractivity contribution in [3.63, 3.8) is 0 Å². The van der Waals surface area contributed by atoms with E-state index in [0.29, 0.717) is 13.0 Å². The van der Waals surface area contributed by atoms with Crippen molar-refractivity contribution in [2.45, 2.75) is 46.1 Å². The van der Waals surface area contributed by atoms with Gasteiger partial charge in [0.05, 0.1) is 6.54 Å². The molecule has 1 fully saturated rings. The number of guanidine groups is 1. The van der Waals surface area contributed by atoms with Crippen molar-refractivity contribution in [2.75, 3.05) is 32.7 Å². The second kappa shape index (κ2) is 12.7. The molecule has 0 bridgehead atoms. The van der Waals surface area contributed by atoms with Crippen molar-refractivity contribution in [3.8, 4) is 0 Å². The molecule has 9 heteroatoms. The van der Waals surface area contributed by atoms with E-state index in [2.05, 4.69) is 39.3 Å². The van der Waals surface area contributed by atoms with Crippen LogP contribution in [0.1, 0.15) is 38.9 Å². The Morgan fingerprint density at radius 1 is 1.33 bits per heavy atom. The first kappa shape index (κ1) is 23.4. The summed E-state index contributed by atoms with van der Waals surface area (Å²) in [5.41, 5.74) is 1.01. The molecular formula is C18H32IN7O. The van der Waals surface area contributed by atoms with Gasteiger partial charge in [0.25, 0.3) is 0 Å². The molecule has 0 atom stereocenters. The summed E-state index contributed by atoms with van der Waals surface area (Å²) in [5, 5.41) is 14.7. The number of hydrogen-bond donors (Lipinski definition) is 2. The van der Waals surface area contributed by atoms with Gasteiger partial charge in [0.2, 0.25) is 5.91 Å². The Labute approximate surface area is 178 Å². The second-order valence-electron chi connectivity index (χ2n) is 6.61. The average Bonchev–Trinajstić information content (AvgIpc) is 3.24. The molecular weight excluding hydrogens is 457 g/mol. The van der Waals surface area contributed by atoms with Crippen LogP contribution in [0.15, 0.2) is 23.5 Å². The van der Waals surface area contributed by atoms with Gasteiger partial charge >= 0.3 is 0 Å². The van der Waals surface area contributed by atoms with E-state index in [1.54, 1.807) is 6.33 Å². The molecule has 0 spiro atoms. The Hall–Kier alpha value is -1.65. The fourth-order valence-corrected chi connectivity index (χ4v) is 2.84. The van der Waals surface area contributed by atoms with Crippen LogP contribution in [0.3, 0.4) is 0 Å². The third-order valence-electron chi connectivity index (χ3n) is 4.23. The number of aliphatic imine (C=N–C) groups is 1. The maximum Gasteiger partial charge on any atom is 0.222 e. The molecule has 1 aliphatic heterocycles. The largest absolute Gasteiger partial charge is 0.356 e. The Kier molecular flexibility index (Phi) is 11.0. The minimum Gasteiger partial charge on any atom is -0.356 e. The summed E-state index contributed by atoms with van der Waals surface area (Å²) in [5.74, 6) is 2.03. The lowest BCUT2D eigenvalue weighted by Gasteiger charge is -2.17. The van der Waals surface area contributed by atoms with Crippen molar-refractivity contribution < 1.29 is 4.79 Å². The molecule has 152 valence electrons. The number of carbonyl (C=O) groups is 1. The predicted octanol–water partition coefficient (Wildman–Crippen LogP) is 1.58. The van der Waals surface area contributed by atoms with E-state index in [1.165, 1.54) is 0 Å². The number of aryl methyl sites for hydroxylation is 1. The highest BCUT2D eigenvalue weighted by atomic mass is 127. The molecule has 0 unspecified atom stereocenters. The molecule has 27 heavy (non-hydrogen) atoms. The van der Waals surface area contributed by atoms with Gasteiger partial charge in [-0.05, 0) is 19.8 Å². The standard InChI is InChI=1S/C18H31N7O.HI/c1-4-16-23-22-14-25(16)12-9-20-18(21-13-15(2)3)19-8-6-11-24-10-5-7-17(24)26;/h14H,2,4-13H2,1,3H3,(H2,19,20,21);1H. The van der Waals surface area contributed by atoms with Crippen LogP contribution in [0, 0.1) is 0 Å². The van der Waals surface area contributed by atoms with Gasteiger partial charge in [-0.2, -0.15) is 0 Å². The van der Waals surface area contributed by atoms with Gasteiger partial charge in [-0.3, -0.25) is 4.79 Å². The Morgan fingerprint density at radius 3 is 2.78 bits per heavy atom. The number of rotatable bonds is 10. The van der Waals surface area contributed by atoms with Crippen molar-refractivity contribution in [1.82, 2.24) is 30.3 Å². The normalized spacial score (nSPS) is 14.2. The van der Waals surface area contributed by atoms with Gasteiger partial charge in [0.15, 0.2) is 5.96 Å². The average molecular weight is 489 g/mol. The van der Waals surface area contributed by atoms with Gasteiger partial charge in [-0.25, -0.2) is 4.99 Å². The highest BCUT2D eigenvalue weighted by molar-refractivity contribution is 14.0. The van der Waals surface area contributed by atoms with Gasteiger partial charge in [-0.1, -0.05) is 19.1 Å². The summed E-state index contributed by atoms with van der Waals surface area (Å²) < 4.78 is 2.04. The Bertz CT molecular complexity index is 629. The van der Waals surface area contributed by atoms with Crippen LogP contribution < -0.4 is 10.6 Å². The minimum atomic E-state index is 0. The predicted molar refractivity (Wildman–Crippen MR) is 118 cm³/mol. The molecule has 1 saturated heterocycles. The quantitative estimate of drug-likeness (QED) is 0.171. The Balaban J connectivity index is 0.00000364. The maximum atomic E-state index is 11.6. The first-order valence-corrected chi connectivity index (χ1v) is 9.41. The van der Waals surface area contributed by atoms with Crippen LogP contribution in [0.5, 0.6) is 0 Å². The first-order chi connectivity index (χ1) is 12.6. The number of amides is 1. The maximum absolute atomic E-state index is 11.6. The van der Waals surface area contributed by atoms with Gasteiger partial charge in [0.1, 0.15) is 12.2 Å². The SMILES string of the molecule is C=C(C)CN=C(NCCCN1CCCC1=O)NCCn1cnnc1CC.I. The van der Waals surface area contributed by atoms with Crippen LogP contribution in [0.4, 0.5) is 0 Å². The lowest BCUT2D eigenvalue weighted by atomic mass is 10.3. The summed E-state index contributed by atoms with van der Waals surface area (Å²) in [6.45, 7) is 12.5. The molecule has 1 aromatic rings. The van der Waals surface area contributed by atoms with E-state index in [4.69, 9.17) is 0 Å². The van der Waals surface area contributed by atoms with Crippen LogP contribution in [0.2, 0.25) is 0 Å². The molecule has 1 aromatic heterocycles. The molecule has 0 saturated carbocycles. The molecule has 2 N–H and O–H groups in total. The fourth-order valence-electron chi connectivity index (χ4n) is 2.84. The minimum absolute atomic E-state index is 0. The number of carbonyl (C=O) groups excluding carboxylic acids is 1. The first-order valence-electron chi connectivity index (χ1n) is 9.41. The molecule has 0 aromatic carbocycles. The van der Waals surface area contributed by atoms with E-state index < -0.39 is 0 Å². The number of nitrogens with one attached hydrogen (secondary N) is 2. The van der Waals surface area contributed by atoms with Gasteiger partial charge in [-0.15, -0.1) is 34.2 Å². The summed E-state index contributed by atoms with van der Waals surface area (Å²) in [4.78, 5) is 18.1. The van der Waals surface area contributed by atoms with E-state index in [9.17, 15) is 4.79 Å². The number of halogens is 1. The third-order valence-corrected chi connectivity index (χ3v) is 4.23. The molecule has 0 radical (unpaired) electrons. The number of aromatic nitrogens is 3. The third kappa shape index (κ3) is 8.27. The molecule has 2 heterocycles. The van der Waals surface area contributed by atoms with Crippen LogP contribution >= 0.6 is 24.0 Å². The second-order valence-corrected chi connectivity index (χ2v) is 6.61. The number of hydrogen-bond acceptors (Lipinski definition) is 4. The summed E-state index contributed by atoms with van der Waals surface area (Å²) >= 11 is 0. The smallest absolute Gasteiger partial charge is 0.222 e. The highest BCUT2D eigenvalue weighted by Gasteiger charge is 2.18. The van der Waals surface area contributed by atoms with E-state index in [-0.39, 0.29) is 29.9 Å². The lowest BCUT2D eigenvalue weighted by molar-refractivity contribution is -0.127. The zero-order valence-corrected chi connectivity index (χ0v) is 18.7. The van der Waals surface area contributed by atoms with Crippen LogP contribution in [0.25, 0.3) is 0 Å². The van der Waals surface area contributed by atoms with Crippen molar-refractivity contribution in [3.05, 3.63) is 24.3 Å². The van der Waals surface area contributed by atoms with Crippen molar-refractivity contribution in [1.29, 1.82) is 0 Å². The molecule has 0 aliphatic carbocycles. The summed E-state index contributed by atoms with van der Waals surface area (Å²) in [6, 6.07) is 0. The topological polar surface area (TPSA) is 87.4 Å². The van der Waals surface area contributed by atoms with E-state index in [1.807, 2.05) is 16.4 Å². The molecule has 1 aliphatic rings. The lowest BCUT2D eigenvalue weighted by Crippen LogP contribution is -2.40. The fraction of sp³-hybridized carbons (Fsp3) is 0.667. The van der Waals surface area contributed by atoms with Gasteiger partial charge in [0, 0.05) is 45.6 Å². The van der Waals surface area contributed by atoms with Crippen LogP contribution in [-0.4, -0.2) is 64.3 Å². The van der Waals surface area contributed by atoms with E-state index in [0.717, 1.165) is 69.3 Å². The zero-order chi connectivity index (χ0) is 18.8. The molecule has 1 amide bonds. The number of likely N-dealkylation sites (tertiary alicyclic amines) is 1. The summed E-state index contributed by atoms with van der Waals surface area (Å²) in [7, 11) is 0. The summed E-state index contributed by atoms with van der Waals surface area (Å²) in [6.07, 6.45) is 5.21. The monoisotopic (exact) mass is 489 g/mol. The molecule has 8 nitrogen and oxygen atoms in total.